The minimum Gasteiger partial charge on any atom is -0.493 e. The quantitative estimate of drug-likeness (QED) is 0.408. The standard InChI is InChI=1S/C20H16Cl2N2O4/c1-11-15(8-13-4-7-18(28-12(2)25)19(9-13)27-3)20(26)24(23-11)14-5-6-16(21)17(22)10-14/h4-10H,1-3H3/b15-8-. The first-order chi connectivity index (χ1) is 13.3. The Morgan fingerprint density at radius 3 is 2.50 bits per heavy atom. The van der Waals surface area contributed by atoms with E-state index in [0.717, 1.165) is 0 Å². The molecule has 0 aliphatic carbocycles. The molecule has 2 aromatic rings. The summed E-state index contributed by atoms with van der Waals surface area (Å²) in [7, 11) is 1.47. The third-order valence-electron chi connectivity index (χ3n) is 3.96. The van der Waals surface area contributed by atoms with E-state index in [1.807, 2.05) is 0 Å². The molecule has 8 heteroatoms. The van der Waals surface area contributed by atoms with Crippen LogP contribution in [0.4, 0.5) is 5.69 Å². The number of carbonyl (C=O) groups is 2. The molecule has 0 N–H and O–H groups in total. The van der Waals surface area contributed by atoms with Crippen LogP contribution in [0.25, 0.3) is 6.08 Å². The summed E-state index contributed by atoms with van der Waals surface area (Å²) in [5, 5.41) is 6.32. The van der Waals surface area contributed by atoms with Crippen molar-refractivity contribution >= 4 is 52.6 Å². The zero-order valence-electron chi connectivity index (χ0n) is 15.3. The second-order valence-electron chi connectivity index (χ2n) is 5.96. The lowest BCUT2D eigenvalue weighted by Gasteiger charge is -2.12. The van der Waals surface area contributed by atoms with Gasteiger partial charge in [-0.15, -0.1) is 0 Å². The fraction of sp³-hybridized carbons (Fsp3) is 0.150. The monoisotopic (exact) mass is 418 g/mol. The minimum atomic E-state index is -0.448. The van der Waals surface area contributed by atoms with Gasteiger partial charge in [-0.05, 0) is 48.9 Å². The highest BCUT2D eigenvalue weighted by Crippen LogP contribution is 2.32. The molecular weight excluding hydrogens is 403 g/mol. The van der Waals surface area contributed by atoms with Crippen LogP contribution in [0.1, 0.15) is 19.4 Å². The number of hydrazone groups is 1. The molecule has 0 saturated heterocycles. The third kappa shape index (κ3) is 4.03. The van der Waals surface area contributed by atoms with Crippen molar-refractivity contribution in [3.8, 4) is 11.5 Å². The van der Waals surface area contributed by atoms with Crippen molar-refractivity contribution in [2.75, 3.05) is 12.1 Å². The second-order valence-corrected chi connectivity index (χ2v) is 6.78. The molecule has 3 rings (SSSR count). The topological polar surface area (TPSA) is 68.2 Å². The molecule has 1 heterocycles. The predicted molar refractivity (Wildman–Crippen MR) is 109 cm³/mol. The first-order valence-corrected chi connectivity index (χ1v) is 8.99. The maximum atomic E-state index is 12.9. The molecule has 1 amide bonds. The fourth-order valence-corrected chi connectivity index (χ4v) is 2.95. The van der Waals surface area contributed by atoms with Gasteiger partial charge in [-0.3, -0.25) is 9.59 Å². The number of ether oxygens (including phenoxy) is 2. The van der Waals surface area contributed by atoms with E-state index in [1.54, 1.807) is 49.4 Å². The first kappa shape index (κ1) is 19.9. The normalized spacial score (nSPS) is 15.0. The average Bonchev–Trinajstić information content (AvgIpc) is 2.93. The Morgan fingerprint density at radius 1 is 1.11 bits per heavy atom. The molecule has 0 saturated carbocycles. The van der Waals surface area contributed by atoms with Crippen LogP contribution in [-0.4, -0.2) is 24.7 Å². The van der Waals surface area contributed by atoms with Crippen molar-refractivity contribution in [3.63, 3.8) is 0 Å². The van der Waals surface area contributed by atoms with Gasteiger partial charge in [-0.25, -0.2) is 0 Å². The molecule has 0 bridgehead atoms. The van der Waals surface area contributed by atoms with Crippen LogP contribution in [0.2, 0.25) is 10.0 Å². The van der Waals surface area contributed by atoms with Crippen molar-refractivity contribution in [1.82, 2.24) is 0 Å². The number of benzene rings is 2. The number of nitrogens with zero attached hydrogens (tertiary/aromatic N) is 2. The van der Waals surface area contributed by atoms with E-state index >= 15 is 0 Å². The Bertz CT molecular complexity index is 1030. The van der Waals surface area contributed by atoms with Gasteiger partial charge in [0.1, 0.15) is 0 Å². The van der Waals surface area contributed by atoms with Crippen LogP contribution in [0.15, 0.2) is 47.1 Å². The fourth-order valence-electron chi connectivity index (χ4n) is 2.66. The van der Waals surface area contributed by atoms with Crippen molar-refractivity contribution in [2.45, 2.75) is 13.8 Å². The number of halogens is 2. The van der Waals surface area contributed by atoms with Gasteiger partial charge >= 0.3 is 5.97 Å². The van der Waals surface area contributed by atoms with Crippen LogP contribution in [-0.2, 0) is 9.59 Å². The van der Waals surface area contributed by atoms with Gasteiger partial charge in [0.2, 0.25) is 0 Å². The van der Waals surface area contributed by atoms with E-state index in [-0.39, 0.29) is 5.91 Å². The van der Waals surface area contributed by atoms with Gasteiger partial charge in [0.05, 0.1) is 34.1 Å². The van der Waals surface area contributed by atoms with E-state index < -0.39 is 5.97 Å². The molecule has 0 unspecified atom stereocenters. The smallest absolute Gasteiger partial charge is 0.308 e. The molecule has 0 radical (unpaired) electrons. The third-order valence-corrected chi connectivity index (χ3v) is 4.70. The highest BCUT2D eigenvalue weighted by molar-refractivity contribution is 6.42. The molecule has 0 spiro atoms. The van der Waals surface area contributed by atoms with Crippen LogP contribution >= 0.6 is 23.2 Å². The lowest BCUT2D eigenvalue weighted by atomic mass is 10.1. The van der Waals surface area contributed by atoms with Crippen molar-refractivity contribution in [1.29, 1.82) is 0 Å². The minimum absolute atomic E-state index is 0.293. The highest BCUT2D eigenvalue weighted by Gasteiger charge is 2.29. The maximum absolute atomic E-state index is 12.9. The van der Waals surface area contributed by atoms with Gasteiger partial charge in [-0.2, -0.15) is 10.1 Å². The summed E-state index contributed by atoms with van der Waals surface area (Å²) < 4.78 is 10.4. The number of hydrogen-bond acceptors (Lipinski definition) is 5. The Hall–Kier alpha value is -2.83. The highest BCUT2D eigenvalue weighted by atomic mass is 35.5. The molecule has 2 aromatic carbocycles. The molecule has 28 heavy (non-hydrogen) atoms. The van der Waals surface area contributed by atoms with Crippen molar-refractivity contribution in [3.05, 3.63) is 57.6 Å². The van der Waals surface area contributed by atoms with Crippen LogP contribution in [0.3, 0.4) is 0 Å². The lowest BCUT2D eigenvalue weighted by Crippen LogP contribution is -2.21. The van der Waals surface area contributed by atoms with E-state index in [4.69, 9.17) is 32.7 Å². The van der Waals surface area contributed by atoms with E-state index in [1.165, 1.54) is 19.0 Å². The van der Waals surface area contributed by atoms with Crippen molar-refractivity contribution in [2.24, 2.45) is 5.10 Å². The van der Waals surface area contributed by atoms with Gasteiger partial charge in [0.15, 0.2) is 11.5 Å². The van der Waals surface area contributed by atoms with E-state index in [0.29, 0.717) is 44.1 Å². The summed E-state index contributed by atoms with van der Waals surface area (Å²) in [6, 6.07) is 9.86. The zero-order chi connectivity index (χ0) is 20.4. The molecule has 0 fully saturated rings. The zero-order valence-corrected chi connectivity index (χ0v) is 16.8. The Kier molecular flexibility index (Phi) is 5.72. The Labute approximate surface area is 171 Å². The summed E-state index contributed by atoms with van der Waals surface area (Å²) >= 11 is 12.0. The largest absolute Gasteiger partial charge is 0.493 e. The van der Waals surface area contributed by atoms with E-state index in [2.05, 4.69) is 5.10 Å². The number of methoxy groups -OCH3 is 1. The molecule has 1 aliphatic rings. The number of hydrogen-bond donors (Lipinski definition) is 0. The maximum Gasteiger partial charge on any atom is 0.308 e. The second kappa shape index (κ2) is 8.04. The molecule has 0 aromatic heterocycles. The number of amides is 1. The van der Waals surface area contributed by atoms with Crippen LogP contribution in [0.5, 0.6) is 11.5 Å². The first-order valence-electron chi connectivity index (χ1n) is 8.23. The summed E-state index contributed by atoms with van der Waals surface area (Å²) in [4.78, 5) is 24.0. The molecular formula is C20H16Cl2N2O4. The molecule has 6 nitrogen and oxygen atoms in total. The Balaban J connectivity index is 1.92. The van der Waals surface area contributed by atoms with Gasteiger partial charge in [0, 0.05) is 6.92 Å². The molecule has 1 aliphatic heterocycles. The number of carbonyl (C=O) groups excluding carboxylic acids is 2. The number of esters is 1. The number of rotatable bonds is 4. The lowest BCUT2D eigenvalue weighted by molar-refractivity contribution is -0.132. The molecule has 0 atom stereocenters. The van der Waals surface area contributed by atoms with Crippen LogP contribution < -0.4 is 14.5 Å². The summed E-state index contributed by atoms with van der Waals surface area (Å²) in [6.07, 6.45) is 1.69. The predicted octanol–water partition coefficient (Wildman–Crippen LogP) is 4.73. The van der Waals surface area contributed by atoms with Gasteiger partial charge in [0.25, 0.3) is 5.91 Å². The summed E-state index contributed by atoms with van der Waals surface area (Å²) in [5.74, 6) is -0.0572. The SMILES string of the molecule is COc1cc(/C=C2\C(=O)N(c3ccc(Cl)c(Cl)c3)N=C2C)ccc1OC(C)=O. The van der Waals surface area contributed by atoms with Crippen LogP contribution in [0, 0.1) is 0 Å². The van der Waals surface area contributed by atoms with Gasteiger partial charge < -0.3 is 9.47 Å². The van der Waals surface area contributed by atoms with Crippen molar-refractivity contribution < 1.29 is 19.1 Å². The average molecular weight is 419 g/mol. The summed E-state index contributed by atoms with van der Waals surface area (Å²) in [5.41, 5.74) is 2.19. The molecule has 144 valence electrons. The number of anilines is 1. The summed E-state index contributed by atoms with van der Waals surface area (Å²) in [6.45, 7) is 3.05. The van der Waals surface area contributed by atoms with Gasteiger partial charge in [-0.1, -0.05) is 29.3 Å². The van der Waals surface area contributed by atoms with E-state index in [9.17, 15) is 9.59 Å². The Morgan fingerprint density at radius 2 is 1.86 bits per heavy atom.